The van der Waals surface area contributed by atoms with E-state index < -0.39 is 0 Å². The van der Waals surface area contributed by atoms with Crippen LogP contribution in [0.2, 0.25) is 0 Å². The summed E-state index contributed by atoms with van der Waals surface area (Å²) in [4.78, 5) is 11.8. The van der Waals surface area contributed by atoms with Gasteiger partial charge >= 0.3 is 0 Å². The van der Waals surface area contributed by atoms with Crippen molar-refractivity contribution >= 4 is 17.7 Å². The Hall–Kier alpha value is -2.35. The van der Waals surface area contributed by atoms with Crippen LogP contribution in [0.5, 0.6) is 0 Å². The molecule has 0 aliphatic carbocycles. The molecular formula is C17H17NO. The molecule has 0 fully saturated rings. The molecule has 2 aromatic carbocycles. The molecule has 2 heteroatoms. The highest BCUT2D eigenvalue weighted by Crippen LogP contribution is 2.14. The van der Waals surface area contributed by atoms with E-state index in [-0.39, 0.29) is 5.91 Å². The van der Waals surface area contributed by atoms with Gasteiger partial charge in [0.05, 0.1) is 0 Å². The van der Waals surface area contributed by atoms with E-state index in [1.54, 1.807) is 12.2 Å². The zero-order valence-electron chi connectivity index (χ0n) is 11.2. The van der Waals surface area contributed by atoms with Crippen LogP contribution in [0.4, 0.5) is 5.69 Å². The third kappa shape index (κ3) is 3.81. The van der Waals surface area contributed by atoms with Crippen LogP contribution in [-0.4, -0.2) is 5.91 Å². The Morgan fingerprint density at radius 3 is 2.42 bits per heavy atom. The monoisotopic (exact) mass is 251 g/mol. The largest absolute Gasteiger partial charge is 0.323 e. The zero-order chi connectivity index (χ0) is 13.7. The first-order valence-electron chi connectivity index (χ1n) is 6.26. The molecule has 0 atom stereocenters. The van der Waals surface area contributed by atoms with Crippen molar-refractivity contribution in [1.29, 1.82) is 0 Å². The minimum absolute atomic E-state index is 0.118. The molecule has 0 aliphatic heterocycles. The van der Waals surface area contributed by atoms with Crippen molar-refractivity contribution in [2.45, 2.75) is 13.8 Å². The number of nitrogens with one attached hydrogen (secondary N) is 1. The summed E-state index contributed by atoms with van der Waals surface area (Å²) in [6.07, 6.45) is 3.35. The van der Waals surface area contributed by atoms with Gasteiger partial charge in [0.15, 0.2) is 0 Å². The third-order valence-electron chi connectivity index (χ3n) is 3.00. The maximum atomic E-state index is 11.8. The molecule has 19 heavy (non-hydrogen) atoms. The number of amides is 1. The maximum Gasteiger partial charge on any atom is 0.248 e. The second-order valence-electron chi connectivity index (χ2n) is 4.53. The summed E-state index contributed by atoms with van der Waals surface area (Å²) >= 11 is 0. The van der Waals surface area contributed by atoms with Crippen molar-refractivity contribution in [1.82, 2.24) is 0 Å². The standard InChI is InChI=1S/C17H17NO/c1-13-8-10-16(12-14(13)2)18-17(19)11-9-15-6-4-3-5-7-15/h3-12H,1-2H3,(H,18,19). The van der Waals surface area contributed by atoms with Gasteiger partial charge < -0.3 is 5.32 Å². The number of carbonyl (C=O) groups excluding carboxylic acids is 1. The summed E-state index contributed by atoms with van der Waals surface area (Å²) in [6, 6.07) is 15.7. The minimum Gasteiger partial charge on any atom is -0.323 e. The van der Waals surface area contributed by atoms with Crippen molar-refractivity contribution in [3.8, 4) is 0 Å². The highest BCUT2D eigenvalue weighted by Gasteiger charge is 1.99. The van der Waals surface area contributed by atoms with Crippen LogP contribution in [0.15, 0.2) is 54.6 Å². The van der Waals surface area contributed by atoms with Crippen LogP contribution >= 0.6 is 0 Å². The second-order valence-corrected chi connectivity index (χ2v) is 4.53. The SMILES string of the molecule is Cc1ccc(NC(=O)C=Cc2ccccc2)cc1C. The molecule has 0 aliphatic rings. The van der Waals surface area contributed by atoms with E-state index in [9.17, 15) is 4.79 Å². The van der Waals surface area contributed by atoms with Gasteiger partial charge in [0.2, 0.25) is 5.91 Å². The molecule has 0 aromatic heterocycles. The van der Waals surface area contributed by atoms with E-state index >= 15 is 0 Å². The number of aryl methyl sites for hydroxylation is 2. The highest BCUT2D eigenvalue weighted by atomic mass is 16.1. The number of benzene rings is 2. The molecule has 1 N–H and O–H groups in total. The van der Waals surface area contributed by atoms with Crippen molar-refractivity contribution in [3.05, 3.63) is 71.3 Å². The van der Waals surface area contributed by atoms with Crippen LogP contribution < -0.4 is 5.32 Å². The van der Waals surface area contributed by atoms with E-state index in [1.165, 1.54) is 11.1 Å². The lowest BCUT2D eigenvalue weighted by Crippen LogP contribution is -2.07. The molecule has 0 bridgehead atoms. The van der Waals surface area contributed by atoms with Crippen LogP contribution in [0.25, 0.3) is 6.08 Å². The van der Waals surface area contributed by atoms with E-state index in [4.69, 9.17) is 0 Å². The molecule has 0 heterocycles. The number of rotatable bonds is 3. The fourth-order valence-corrected chi connectivity index (χ4v) is 1.74. The first kappa shape index (κ1) is 13.1. The first-order chi connectivity index (χ1) is 9.15. The minimum atomic E-state index is -0.118. The Kier molecular flexibility index (Phi) is 4.14. The molecule has 2 aromatic rings. The summed E-state index contributed by atoms with van der Waals surface area (Å²) < 4.78 is 0. The Morgan fingerprint density at radius 1 is 1.00 bits per heavy atom. The maximum absolute atomic E-state index is 11.8. The zero-order valence-corrected chi connectivity index (χ0v) is 11.2. The van der Waals surface area contributed by atoms with Gasteiger partial charge in [-0.2, -0.15) is 0 Å². The van der Waals surface area contributed by atoms with Gasteiger partial charge in [0.25, 0.3) is 0 Å². The molecule has 0 radical (unpaired) electrons. The van der Waals surface area contributed by atoms with E-state index in [1.807, 2.05) is 55.5 Å². The van der Waals surface area contributed by atoms with Gasteiger partial charge in [0, 0.05) is 11.8 Å². The van der Waals surface area contributed by atoms with Gasteiger partial charge in [-0.15, -0.1) is 0 Å². The second kappa shape index (κ2) is 6.01. The average Bonchev–Trinajstić information content (AvgIpc) is 2.42. The van der Waals surface area contributed by atoms with Crippen molar-refractivity contribution in [2.75, 3.05) is 5.32 Å². The van der Waals surface area contributed by atoms with Gasteiger partial charge in [-0.3, -0.25) is 4.79 Å². The lowest BCUT2D eigenvalue weighted by Gasteiger charge is -2.05. The molecule has 0 saturated heterocycles. The smallest absolute Gasteiger partial charge is 0.248 e. The number of hydrogen-bond donors (Lipinski definition) is 1. The lowest BCUT2D eigenvalue weighted by molar-refractivity contribution is -0.111. The number of anilines is 1. The van der Waals surface area contributed by atoms with Gasteiger partial charge in [-0.1, -0.05) is 36.4 Å². The van der Waals surface area contributed by atoms with Crippen LogP contribution in [-0.2, 0) is 4.79 Å². The van der Waals surface area contributed by atoms with Crippen molar-refractivity contribution in [2.24, 2.45) is 0 Å². The summed E-state index contributed by atoms with van der Waals surface area (Å²) in [7, 11) is 0. The Balaban J connectivity index is 2.01. The lowest BCUT2D eigenvalue weighted by atomic mass is 10.1. The molecule has 0 spiro atoms. The average molecular weight is 251 g/mol. The quantitative estimate of drug-likeness (QED) is 0.822. The summed E-state index contributed by atoms with van der Waals surface area (Å²) in [5.41, 5.74) is 4.23. The van der Waals surface area contributed by atoms with Gasteiger partial charge in [-0.25, -0.2) is 0 Å². The summed E-state index contributed by atoms with van der Waals surface area (Å²) in [6.45, 7) is 4.08. The number of carbonyl (C=O) groups is 1. The molecule has 2 rings (SSSR count). The molecule has 0 saturated carbocycles. The van der Waals surface area contributed by atoms with E-state index in [0.29, 0.717) is 0 Å². The molecule has 0 unspecified atom stereocenters. The van der Waals surface area contributed by atoms with Crippen LogP contribution in [0.3, 0.4) is 0 Å². The Labute approximate surface area is 113 Å². The predicted octanol–water partition coefficient (Wildman–Crippen LogP) is 3.96. The fourth-order valence-electron chi connectivity index (χ4n) is 1.74. The van der Waals surface area contributed by atoms with Crippen LogP contribution in [0.1, 0.15) is 16.7 Å². The number of hydrogen-bond acceptors (Lipinski definition) is 1. The normalized spacial score (nSPS) is 10.6. The topological polar surface area (TPSA) is 29.1 Å². The van der Waals surface area contributed by atoms with E-state index in [2.05, 4.69) is 12.2 Å². The molecule has 2 nitrogen and oxygen atoms in total. The predicted molar refractivity (Wildman–Crippen MR) is 80.0 cm³/mol. The molecular weight excluding hydrogens is 234 g/mol. The van der Waals surface area contributed by atoms with Gasteiger partial charge in [0.1, 0.15) is 0 Å². The molecule has 96 valence electrons. The van der Waals surface area contributed by atoms with Crippen LogP contribution in [0, 0.1) is 13.8 Å². The Bertz CT molecular complexity index is 600. The highest BCUT2D eigenvalue weighted by molar-refractivity contribution is 6.01. The summed E-state index contributed by atoms with van der Waals surface area (Å²) in [5, 5.41) is 2.85. The van der Waals surface area contributed by atoms with E-state index in [0.717, 1.165) is 11.3 Å². The first-order valence-corrected chi connectivity index (χ1v) is 6.26. The Morgan fingerprint density at radius 2 is 1.74 bits per heavy atom. The third-order valence-corrected chi connectivity index (χ3v) is 3.00. The van der Waals surface area contributed by atoms with Gasteiger partial charge in [-0.05, 0) is 48.7 Å². The molecule has 1 amide bonds. The van der Waals surface area contributed by atoms with Crippen molar-refractivity contribution in [3.63, 3.8) is 0 Å². The van der Waals surface area contributed by atoms with Crippen molar-refractivity contribution < 1.29 is 4.79 Å². The fraction of sp³-hybridized carbons (Fsp3) is 0.118. The summed E-state index contributed by atoms with van der Waals surface area (Å²) in [5.74, 6) is -0.118.